The summed E-state index contributed by atoms with van der Waals surface area (Å²) in [4.78, 5) is 4.85. The van der Waals surface area contributed by atoms with Gasteiger partial charge in [-0.25, -0.2) is 13.6 Å². The SMILES string of the molecule is CCNC(=NCCC1CCCC(C)C1)NCCc1ccc(S(N)(=O)=O)cc1.I. The smallest absolute Gasteiger partial charge is 0.238 e. The summed E-state index contributed by atoms with van der Waals surface area (Å²) in [5.74, 6) is 2.53. The number of benzene rings is 1. The van der Waals surface area contributed by atoms with Crippen LogP contribution in [-0.2, 0) is 16.4 Å². The van der Waals surface area contributed by atoms with Crippen molar-refractivity contribution in [3.05, 3.63) is 29.8 Å². The van der Waals surface area contributed by atoms with E-state index in [0.29, 0.717) is 0 Å². The molecular weight excluding hydrogens is 487 g/mol. The van der Waals surface area contributed by atoms with E-state index in [-0.39, 0.29) is 28.9 Å². The first-order chi connectivity index (χ1) is 12.9. The van der Waals surface area contributed by atoms with E-state index >= 15 is 0 Å². The van der Waals surface area contributed by atoms with E-state index < -0.39 is 10.0 Å². The van der Waals surface area contributed by atoms with E-state index in [0.717, 1.165) is 55.8 Å². The lowest BCUT2D eigenvalue weighted by Crippen LogP contribution is -2.38. The number of rotatable bonds is 8. The molecule has 4 N–H and O–H groups in total. The van der Waals surface area contributed by atoms with Gasteiger partial charge in [-0.05, 0) is 55.7 Å². The van der Waals surface area contributed by atoms with Crippen LogP contribution < -0.4 is 15.8 Å². The predicted molar refractivity (Wildman–Crippen MR) is 127 cm³/mol. The van der Waals surface area contributed by atoms with Crippen LogP contribution in [0.2, 0.25) is 0 Å². The maximum absolute atomic E-state index is 11.3. The Morgan fingerprint density at radius 1 is 1.21 bits per heavy atom. The number of sulfonamides is 1. The lowest BCUT2D eigenvalue weighted by atomic mass is 9.81. The second kappa shape index (κ2) is 12.6. The van der Waals surface area contributed by atoms with Gasteiger partial charge in [-0.1, -0.05) is 38.3 Å². The average Bonchev–Trinajstić information content (AvgIpc) is 2.61. The Morgan fingerprint density at radius 3 is 2.54 bits per heavy atom. The largest absolute Gasteiger partial charge is 0.357 e. The second-order valence-corrected chi connectivity index (χ2v) is 9.11. The van der Waals surface area contributed by atoms with Crippen molar-refractivity contribution in [1.29, 1.82) is 0 Å². The van der Waals surface area contributed by atoms with E-state index in [1.165, 1.54) is 25.7 Å². The van der Waals surface area contributed by atoms with Crippen molar-refractivity contribution < 1.29 is 8.42 Å². The molecule has 0 spiro atoms. The first-order valence-corrected chi connectivity index (χ1v) is 11.6. The standard InChI is InChI=1S/C20H34N4O2S.HI/c1-3-22-20(24-14-12-18-6-4-5-16(2)15-18)23-13-11-17-7-9-19(10-8-17)27(21,25)26;/h7-10,16,18H,3-6,11-15H2,1-2H3,(H2,21,25,26)(H2,22,23,24);1H. The van der Waals surface area contributed by atoms with Gasteiger partial charge in [-0.2, -0.15) is 0 Å². The third-order valence-corrected chi connectivity index (χ3v) is 6.08. The van der Waals surface area contributed by atoms with Crippen LogP contribution in [0, 0.1) is 11.8 Å². The van der Waals surface area contributed by atoms with Crippen LogP contribution >= 0.6 is 24.0 Å². The average molecular weight is 522 g/mol. The van der Waals surface area contributed by atoms with Gasteiger partial charge in [0.1, 0.15) is 0 Å². The highest BCUT2D eigenvalue weighted by Crippen LogP contribution is 2.30. The Kier molecular flexibility index (Phi) is 11.4. The lowest BCUT2D eigenvalue weighted by molar-refractivity contribution is 0.272. The number of guanidine groups is 1. The summed E-state index contributed by atoms with van der Waals surface area (Å²) in [6.45, 7) is 6.84. The quantitative estimate of drug-likeness (QED) is 0.278. The van der Waals surface area contributed by atoms with E-state index in [1.807, 2.05) is 0 Å². The summed E-state index contributed by atoms with van der Waals surface area (Å²) in [7, 11) is -3.63. The minimum absolute atomic E-state index is 0. The number of halogens is 1. The maximum Gasteiger partial charge on any atom is 0.238 e. The van der Waals surface area contributed by atoms with Crippen LogP contribution in [0.15, 0.2) is 34.2 Å². The molecular formula is C20H35IN4O2S. The molecule has 2 unspecified atom stereocenters. The van der Waals surface area contributed by atoms with Crippen molar-refractivity contribution in [2.75, 3.05) is 19.6 Å². The predicted octanol–water partition coefficient (Wildman–Crippen LogP) is 3.27. The summed E-state index contributed by atoms with van der Waals surface area (Å²) in [5.41, 5.74) is 1.06. The summed E-state index contributed by atoms with van der Waals surface area (Å²) < 4.78 is 22.6. The van der Waals surface area contributed by atoms with Crippen LogP contribution in [0.1, 0.15) is 51.5 Å². The van der Waals surface area contributed by atoms with E-state index in [1.54, 1.807) is 24.3 Å². The molecule has 8 heteroatoms. The third kappa shape index (κ3) is 9.09. The zero-order valence-electron chi connectivity index (χ0n) is 17.0. The van der Waals surface area contributed by atoms with Crippen molar-refractivity contribution in [3.8, 4) is 0 Å². The van der Waals surface area contributed by atoms with Crippen LogP contribution in [0.3, 0.4) is 0 Å². The number of hydrogen-bond acceptors (Lipinski definition) is 3. The zero-order valence-corrected chi connectivity index (χ0v) is 20.1. The molecule has 1 aromatic rings. The molecule has 2 rings (SSSR count). The fourth-order valence-corrected chi connectivity index (χ4v) is 4.21. The van der Waals surface area contributed by atoms with Gasteiger partial charge >= 0.3 is 0 Å². The fourth-order valence-electron chi connectivity index (χ4n) is 3.69. The number of hydrogen-bond donors (Lipinski definition) is 3. The Hall–Kier alpha value is -0.870. The molecule has 28 heavy (non-hydrogen) atoms. The minimum atomic E-state index is -3.63. The van der Waals surface area contributed by atoms with E-state index in [9.17, 15) is 8.42 Å². The number of nitrogens with one attached hydrogen (secondary N) is 2. The summed E-state index contributed by atoms with van der Waals surface area (Å²) in [6.07, 6.45) is 7.37. The van der Waals surface area contributed by atoms with Crippen LogP contribution in [0.5, 0.6) is 0 Å². The number of aliphatic imine (C=N–C) groups is 1. The summed E-state index contributed by atoms with van der Waals surface area (Å²) in [5, 5.41) is 11.8. The van der Waals surface area contributed by atoms with Crippen LogP contribution in [0.25, 0.3) is 0 Å². The molecule has 1 aliphatic carbocycles. The van der Waals surface area contributed by atoms with Gasteiger partial charge in [0.2, 0.25) is 10.0 Å². The van der Waals surface area contributed by atoms with Crippen LogP contribution in [0.4, 0.5) is 0 Å². The van der Waals surface area contributed by atoms with Gasteiger partial charge in [-0.3, -0.25) is 4.99 Å². The Bertz CT molecular complexity index is 707. The molecule has 0 bridgehead atoms. The first kappa shape index (κ1) is 25.2. The van der Waals surface area contributed by atoms with Crippen molar-refractivity contribution >= 4 is 40.0 Å². The Balaban J connectivity index is 0.00000392. The van der Waals surface area contributed by atoms with E-state index in [4.69, 9.17) is 10.1 Å². The zero-order chi connectivity index (χ0) is 19.7. The van der Waals surface area contributed by atoms with Gasteiger partial charge in [0.15, 0.2) is 5.96 Å². The van der Waals surface area contributed by atoms with Crippen molar-refractivity contribution in [2.45, 2.75) is 57.3 Å². The third-order valence-electron chi connectivity index (χ3n) is 5.15. The van der Waals surface area contributed by atoms with Crippen molar-refractivity contribution in [2.24, 2.45) is 22.0 Å². The maximum atomic E-state index is 11.3. The highest BCUT2D eigenvalue weighted by atomic mass is 127. The van der Waals surface area contributed by atoms with Gasteiger partial charge in [0.25, 0.3) is 0 Å². The highest BCUT2D eigenvalue weighted by Gasteiger charge is 2.18. The van der Waals surface area contributed by atoms with Gasteiger partial charge < -0.3 is 10.6 Å². The summed E-state index contributed by atoms with van der Waals surface area (Å²) in [6, 6.07) is 6.70. The monoisotopic (exact) mass is 522 g/mol. The van der Waals surface area contributed by atoms with Gasteiger partial charge in [0.05, 0.1) is 4.90 Å². The molecule has 1 aliphatic rings. The molecule has 2 atom stereocenters. The molecule has 0 aromatic heterocycles. The fraction of sp³-hybridized carbons (Fsp3) is 0.650. The Labute approximate surface area is 187 Å². The number of nitrogens with two attached hydrogens (primary N) is 1. The van der Waals surface area contributed by atoms with E-state index in [2.05, 4.69) is 24.5 Å². The minimum Gasteiger partial charge on any atom is -0.357 e. The molecule has 0 amide bonds. The molecule has 1 fully saturated rings. The molecule has 1 saturated carbocycles. The normalized spacial score (nSPS) is 20.3. The molecule has 0 radical (unpaired) electrons. The summed E-state index contributed by atoms with van der Waals surface area (Å²) >= 11 is 0. The topological polar surface area (TPSA) is 96.6 Å². The molecule has 0 saturated heterocycles. The molecule has 160 valence electrons. The first-order valence-electron chi connectivity index (χ1n) is 10.0. The van der Waals surface area contributed by atoms with Crippen molar-refractivity contribution in [1.82, 2.24) is 10.6 Å². The van der Waals surface area contributed by atoms with Crippen molar-refractivity contribution in [3.63, 3.8) is 0 Å². The Morgan fingerprint density at radius 2 is 1.93 bits per heavy atom. The highest BCUT2D eigenvalue weighted by molar-refractivity contribution is 14.0. The molecule has 0 aliphatic heterocycles. The van der Waals surface area contributed by atoms with Crippen LogP contribution in [-0.4, -0.2) is 34.0 Å². The van der Waals surface area contributed by atoms with Gasteiger partial charge in [0, 0.05) is 19.6 Å². The molecule has 0 heterocycles. The van der Waals surface area contributed by atoms with Gasteiger partial charge in [-0.15, -0.1) is 24.0 Å². The number of nitrogens with zero attached hydrogens (tertiary/aromatic N) is 1. The lowest BCUT2D eigenvalue weighted by Gasteiger charge is -2.26. The molecule has 6 nitrogen and oxygen atoms in total. The second-order valence-electron chi connectivity index (χ2n) is 7.55. The number of primary sulfonamides is 1. The molecule has 1 aromatic carbocycles.